The molecule has 84 valence electrons. The fraction of sp³-hybridized carbons (Fsp3) is 0.636. The van der Waals surface area contributed by atoms with Crippen LogP contribution in [0.3, 0.4) is 0 Å². The van der Waals surface area contributed by atoms with Crippen molar-refractivity contribution in [3.05, 3.63) is 11.8 Å². The molecule has 0 aliphatic carbocycles. The van der Waals surface area contributed by atoms with E-state index in [1.165, 1.54) is 0 Å². The smallest absolute Gasteiger partial charge is 0.246 e. The van der Waals surface area contributed by atoms with Gasteiger partial charge in [0, 0.05) is 23.2 Å². The van der Waals surface area contributed by atoms with E-state index < -0.39 is 5.91 Å². The maximum Gasteiger partial charge on any atom is 0.246 e. The monoisotopic (exact) mass is 210 g/mol. The molecule has 0 aromatic carbocycles. The molecular formula is C11H18N2O2. The van der Waals surface area contributed by atoms with E-state index in [2.05, 4.69) is 0 Å². The lowest BCUT2D eigenvalue weighted by Crippen LogP contribution is -2.47. The zero-order chi connectivity index (χ0) is 11.8. The average Bonchev–Trinajstić information content (AvgIpc) is 2.06. The van der Waals surface area contributed by atoms with E-state index in [0.29, 0.717) is 12.0 Å². The summed E-state index contributed by atoms with van der Waals surface area (Å²) < 4.78 is 0. The lowest BCUT2D eigenvalue weighted by molar-refractivity contribution is -0.137. The number of amides is 2. The fourth-order valence-corrected chi connectivity index (χ4v) is 1.62. The quantitative estimate of drug-likeness (QED) is 0.702. The minimum Gasteiger partial charge on any atom is -0.366 e. The van der Waals surface area contributed by atoms with Gasteiger partial charge in [-0.2, -0.15) is 0 Å². The average molecular weight is 210 g/mol. The Balaban J connectivity index is 3.08. The maximum atomic E-state index is 11.9. The van der Waals surface area contributed by atoms with Crippen molar-refractivity contribution >= 4 is 11.8 Å². The molecular weight excluding hydrogens is 192 g/mol. The molecule has 0 fully saturated rings. The molecule has 0 spiro atoms. The Morgan fingerprint density at radius 2 is 2.07 bits per heavy atom. The third kappa shape index (κ3) is 2.37. The van der Waals surface area contributed by atoms with Crippen LogP contribution in [-0.4, -0.2) is 22.3 Å². The van der Waals surface area contributed by atoms with Gasteiger partial charge in [0.25, 0.3) is 0 Å². The summed E-state index contributed by atoms with van der Waals surface area (Å²) in [4.78, 5) is 24.6. The molecule has 0 aromatic rings. The first-order valence-electron chi connectivity index (χ1n) is 5.07. The van der Waals surface area contributed by atoms with Crippen LogP contribution in [0.15, 0.2) is 11.8 Å². The van der Waals surface area contributed by atoms with Gasteiger partial charge in [-0.15, -0.1) is 0 Å². The number of rotatable bonds is 1. The minimum atomic E-state index is -0.441. The number of primary amides is 1. The van der Waals surface area contributed by atoms with Gasteiger partial charge in [-0.1, -0.05) is 6.92 Å². The van der Waals surface area contributed by atoms with Crippen LogP contribution in [0.5, 0.6) is 0 Å². The zero-order valence-electron chi connectivity index (χ0n) is 9.70. The molecule has 1 aliphatic heterocycles. The molecule has 15 heavy (non-hydrogen) atoms. The Morgan fingerprint density at radius 1 is 1.53 bits per heavy atom. The first kappa shape index (κ1) is 11.8. The van der Waals surface area contributed by atoms with Crippen LogP contribution >= 0.6 is 0 Å². The molecule has 1 unspecified atom stereocenters. The van der Waals surface area contributed by atoms with Crippen molar-refractivity contribution in [3.63, 3.8) is 0 Å². The Morgan fingerprint density at radius 3 is 2.47 bits per heavy atom. The summed E-state index contributed by atoms with van der Waals surface area (Å²) in [6.45, 7) is 7.60. The molecule has 4 nitrogen and oxygen atoms in total. The summed E-state index contributed by atoms with van der Waals surface area (Å²) in [6.07, 6.45) is 2.03. The highest BCUT2D eigenvalue weighted by molar-refractivity contribution is 5.95. The normalized spacial score (nSPS) is 22.7. The summed E-state index contributed by atoms with van der Waals surface area (Å²) in [5.74, 6) is -0.562. The van der Waals surface area contributed by atoms with E-state index in [0.717, 1.165) is 0 Å². The second kappa shape index (κ2) is 3.68. The molecule has 1 rings (SSSR count). The largest absolute Gasteiger partial charge is 0.366 e. The highest BCUT2D eigenvalue weighted by atomic mass is 16.2. The van der Waals surface area contributed by atoms with Gasteiger partial charge in [0.1, 0.15) is 0 Å². The predicted octanol–water partition coefficient (Wildman–Crippen LogP) is 1.02. The van der Waals surface area contributed by atoms with Crippen LogP contribution < -0.4 is 5.73 Å². The zero-order valence-corrected chi connectivity index (χ0v) is 9.70. The minimum absolute atomic E-state index is 0.0486. The van der Waals surface area contributed by atoms with Crippen molar-refractivity contribution in [2.24, 2.45) is 11.7 Å². The van der Waals surface area contributed by atoms with Gasteiger partial charge < -0.3 is 10.6 Å². The van der Waals surface area contributed by atoms with Gasteiger partial charge in [0.2, 0.25) is 11.8 Å². The van der Waals surface area contributed by atoms with Gasteiger partial charge in [0.15, 0.2) is 0 Å². The molecule has 1 aliphatic rings. The summed E-state index contributed by atoms with van der Waals surface area (Å²) in [7, 11) is 0. The molecule has 0 radical (unpaired) electrons. The summed E-state index contributed by atoms with van der Waals surface area (Å²) in [6, 6.07) is 0. The van der Waals surface area contributed by atoms with Crippen molar-refractivity contribution in [2.75, 3.05) is 0 Å². The molecule has 0 saturated heterocycles. The van der Waals surface area contributed by atoms with Crippen molar-refractivity contribution in [1.82, 2.24) is 4.90 Å². The standard InChI is InChI=1S/C11H18N2O2/c1-7-5-8(9(12)14)6-13(10(7)15)11(2,3)4/h6-7H,5H2,1-4H3,(H2,12,14). The molecule has 0 aromatic heterocycles. The molecule has 2 N–H and O–H groups in total. The van der Waals surface area contributed by atoms with Gasteiger partial charge in [0.05, 0.1) is 0 Å². The summed E-state index contributed by atoms with van der Waals surface area (Å²) in [5, 5.41) is 0. The highest BCUT2D eigenvalue weighted by Crippen LogP contribution is 2.27. The van der Waals surface area contributed by atoms with E-state index in [4.69, 9.17) is 5.73 Å². The van der Waals surface area contributed by atoms with E-state index in [9.17, 15) is 9.59 Å². The van der Waals surface area contributed by atoms with E-state index in [-0.39, 0.29) is 17.4 Å². The third-order valence-corrected chi connectivity index (χ3v) is 2.51. The number of hydrogen-bond acceptors (Lipinski definition) is 2. The molecule has 2 amide bonds. The van der Waals surface area contributed by atoms with Gasteiger partial charge in [-0.05, 0) is 27.2 Å². The number of hydrogen-bond donors (Lipinski definition) is 1. The van der Waals surface area contributed by atoms with Crippen LogP contribution in [0, 0.1) is 5.92 Å². The predicted molar refractivity (Wildman–Crippen MR) is 57.7 cm³/mol. The van der Waals surface area contributed by atoms with E-state index >= 15 is 0 Å². The van der Waals surface area contributed by atoms with Crippen LogP contribution in [-0.2, 0) is 9.59 Å². The second-order valence-electron chi connectivity index (χ2n) is 5.00. The van der Waals surface area contributed by atoms with E-state index in [1.54, 1.807) is 11.1 Å². The fourth-order valence-electron chi connectivity index (χ4n) is 1.62. The Labute approximate surface area is 90.1 Å². The number of nitrogens with two attached hydrogens (primary N) is 1. The highest BCUT2D eigenvalue weighted by Gasteiger charge is 2.33. The SMILES string of the molecule is CC1CC(C(N)=O)=CN(C(C)(C)C)C1=O. The lowest BCUT2D eigenvalue weighted by atomic mass is 9.92. The topological polar surface area (TPSA) is 63.4 Å². The Hall–Kier alpha value is -1.32. The van der Waals surface area contributed by atoms with Crippen molar-refractivity contribution in [3.8, 4) is 0 Å². The van der Waals surface area contributed by atoms with E-state index in [1.807, 2.05) is 27.7 Å². The first-order valence-corrected chi connectivity index (χ1v) is 5.07. The molecule has 1 heterocycles. The van der Waals surface area contributed by atoms with Crippen molar-refractivity contribution < 1.29 is 9.59 Å². The van der Waals surface area contributed by atoms with Crippen LogP contribution in [0.4, 0.5) is 0 Å². The number of nitrogens with zero attached hydrogens (tertiary/aromatic N) is 1. The summed E-state index contributed by atoms with van der Waals surface area (Å²) in [5.41, 5.74) is 5.45. The molecule has 0 bridgehead atoms. The Bertz CT molecular complexity index is 326. The molecule has 0 saturated carbocycles. The molecule has 1 atom stereocenters. The van der Waals surface area contributed by atoms with Crippen LogP contribution in [0.1, 0.15) is 34.1 Å². The summed E-state index contributed by atoms with van der Waals surface area (Å²) >= 11 is 0. The number of carbonyl (C=O) groups excluding carboxylic acids is 2. The number of carbonyl (C=O) groups is 2. The third-order valence-electron chi connectivity index (χ3n) is 2.51. The maximum absolute atomic E-state index is 11.9. The van der Waals surface area contributed by atoms with Crippen molar-refractivity contribution in [2.45, 2.75) is 39.7 Å². The van der Waals surface area contributed by atoms with Crippen LogP contribution in [0.2, 0.25) is 0 Å². The first-order chi connectivity index (χ1) is 6.73. The second-order valence-corrected chi connectivity index (χ2v) is 5.00. The lowest BCUT2D eigenvalue weighted by Gasteiger charge is -2.38. The van der Waals surface area contributed by atoms with Gasteiger partial charge in [-0.25, -0.2) is 0 Å². The Kier molecular flexibility index (Phi) is 2.88. The van der Waals surface area contributed by atoms with Crippen molar-refractivity contribution in [1.29, 1.82) is 0 Å². The van der Waals surface area contributed by atoms with Crippen LogP contribution in [0.25, 0.3) is 0 Å². The van der Waals surface area contributed by atoms with Gasteiger partial charge in [-0.3, -0.25) is 9.59 Å². The molecule has 4 heteroatoms. The van der Waals surface area contributed by atoms with Gasteiger partial charge >= 0.3 is 0 Å².